The number of nitrogens with one attached hydrogen (secondary N) is 1. The van der Waals surface area contributed by atoms with Crippen LogP contribution >= 0.6 is 15.9 Å². The molecule has 0 saturated heterocycles. The maximum absolute atomic E-state index is 4.20. The standard InChI is InChI=1S/C8H7BrN2.C2H6/c1-5-6-2-3-10-8(6)11-4-7(5)9;1-2/h2-4H,1H3,(H,10,11);1-2H3. The van der Waals surface area contributed by atoms with Crippen LogP contribution in [0.3, 0.4) is 0 Å². The highest BCUT2D eigenvalue weighted by Gasteiger charge is 2.01. The number of fused-ring (bicyclic) bond motifs is 1. The van der Waals surface area contributed by atoms with Gasteiger partial charge in [-0.15, -0.1) is 0 Å². The highest BCUT2D eigenvalue weighted by Crippen LogP contribution is 2.22. The molecule has 0 unspecified atom stereocenters. The van der Waals surface area contributed by atoms with E-state index >= 15 is 0 Å². The van der Waals surface area contributed by atoms with E-state index in [1.54, 1.807) is 0 Å². The van der Waals surface area contributed by atoms with E-state index in [0.717, 1.165) is 10.1 Å². The SMILES string of the molecule is CC.Cc1c(Br)cnc2[nH]ccc12. The largest absolute Gasteiger partial charge is 0.346 e. The van der Waals surface area contributed by atoms with Gasteiger partial charge in [0.2, 0.25) is 0 Å². The van der Waals surface area contributed by atoms with Crippen molar-refractivity contribution in [3.8, 4) is 0 Å². The molecular formula is C10H13BrN2. The second-order valence-electron chi connectivity index (χ2n) is 2.47. The van der Waals surface area contributed by atoms with Crippen LogP contribution < -0.4 is 0 Å². The minimum atomic E-state index is 0.950. The maximum Gasteiger partial charge on any atom is 0.137 e. The Morgan fingerprint density at radius 1 is 1.38 bits per heavy atom. The molecule has 2 rings (SSSR count). The van der Waals surface area contributed by atoms with Crippen LogP contribution in [0, 0.1) is 6.92 Å². The number of aromatic amines is 1. The summed E-state index contributed by atoms with van der Waals surface area (Å²) in [6.07, 6.45) is 3.71. The van der Waals surface area contributed by atoms with E-state index < -0.39 is 0 Å². The second-order valence-corrected chi connectivity index (χ2v) is 3.33. The summed E-state index contributed by atoms with van der Waals surface area (Å²) >= 11 is 3.42. The Hall–Kier alpha value is -0.830. The van der Waals surface area contributed by atoms with Gasteiger partial charge in [-0.1, -0.05) is 13.8 Å². The van der Waals surface area contributed by atoms with Gasteiger partial charge >= 0.3 is 0 Å². The van der Waals surface area contributed by atoms with Gasteiger partial charge in [-0.25, -0.2) is 4.98 Å². The summed E-state index contributed by atoms with van der Waals surface area (Å²) in [4.78, 5) is 7.25. The zero-order valence-corrected chi connectivity index (χ0v) is 9.64. The van der Waals surface area contributed by atoms with Gasteiger partial charge in [0.1, 0.15) is 5.65 Å². The Bertz CT molecular complexity index is 393. The van der Waals surface area contributed by atoms with Crippen LogP contribution in [-0.4, -0.2) is 9.97 Å². The van der Waals surface area contributed by atoms with Crippen molar-refractivity contribution in [2.75, 3.05) is 0 Å². The number of H-pyrrole nitrogens is 1. The minimum absolute atomic E-state index is 0.950. The monoisotopic (exact) mass is 240 g/mol. The molecule has 0 aliphatic rings. The summed E-state index contributed by atoms with van der Waals surface area (Å²) in [5.74, 6) is 0. The number of aryl methyl sites for hydroxylation is 1. The first-order valence-corrected chi connectivity index (χ1v) is 5.16. The molecule has 2 nitrogen and oxygen atoms in total. The van der Waals surface area contributed by atoms with E-state index in [4.69, 9.17) is 0 Å². The third kappa shape index (κ3) is 1.91. The van der Waals surface area contributed by atoms with E-state index in [2.05, 4.69) is 32.8 Å². The zero-order valence-electron chi connectivity index (χ0n) is 8.06. The molecule has 70 valence electrons. The summed E-state index contributed by atoms with van der Waals surface area (Å²) in [6, 6.07) is 2.03. The van der Waals surface area contributed by atoms with Gasteiger partial charge in [0, 0.05) is 22.3 Å². The average Bonchev–Trinajstić information content (AvgIpc) is 2.63. The van der Waals surface area contributed by atoms with Crippen molar-refractivity contribution >= 4 is 27.0 Å². The molecule has 0 fully saturated rings. The molecule has 0 radical (unpaired) electrons. The van der Waals surface area contributed by atoms with Gasteiger partial charge in [-0.3, -0.25) is 0 Å². The first-order valence-electron chi connectivity index (χ1n) is 4.37. The number of pyridine rings is 1. The molecule has 0 aliphatic heterocycles. The fraction of sp³-hybridized carbons (Fsp3) is 0.300. The van der Waals surface area contributed by atoms with Crippen molar-refractivity contribution in [2.24, 2.45) is 0 Å². The molecule has 0 aromatic carbocycles. The number of nitrogens with zero attached hydrogens (tertiary/aromatic N) is 1. The van der Waals surface area contributed by atoms with Crippen LogP contribution in [0.25, 0.3) is 11.0 Å². The van der Waals surface area contributed by atoms with Gasteiger partial charge < -0.3 is 4.98 Å². The molecule has 2 heterocycles. The lowest BCUT2D eigenvalue weighted by Gasteiger charge is -1.96. The van der Waals surface area contributed by atoms with Crippen molar-refractivity contribution in [3.05, 3.63) is 28.5 Å². The van der Waals surface area contributed by atoms with Crippen molar-refractivity contribution < 1.29 is 0 Å². The second kappa shape index (κ2) is 4.42. The molecule has 1 N–H and O–H groups in total. The van der Waals surface area contributed by atoms with E-state index in [0.29, 0.717) is 0 Å². The van der Waals surface area contributed by atoms with Crippen molar-refractivity contribution in [2.45, 2.75) is 20.8 Å². The lowest BCUT2D eigenvalue weighted by Crippen LogP contribution is -1.80. The molecule has 3 heteroatoms. The van der Waals surface area contributed by atoms with Crippen LogP contribution in [-0.2, 0) is 0 Å². The highest BCUT2D eigenvalue weighted by molar-refractivity contribution is 9.10. The average molecular weight is 241 g/mol. The third-order valence-electron chi connectivity index (χ3n) is 1.79. The molecule has 0 saturated carbocycles. The Morgan fingerprint density at radius 2 is 2.08 bits per heavy atom. The van der Waals surface area contributed by atoms with Crippen molar-refractivity contribution in [1.29, 1.82) is 0 Å². The molecule has 0 aliphatic carbocycles. The molecule has 2 aromatic heterocycles. The number of hydrogen-bond donors (Lipinski definition) is 1. The van der Waals surface area contributed by atoms with E-state index in [-0.39, 0.29) is 0 Å². The lowest BCUT2D eigenvalue weighted by molar-refractivity contribution is 1.29. The number of rotatable bonds is 0. The summed E-state index contributed by atoms with van der Waals surface area (Å²) in [7, 11) is 0. The molecule has 2 aromatic rings. The van der Waals surface area contributed by atoms with Crippen LogP contribution in [0.2, 0.25) is 0 Å². The number of aromatic nitrogens is 2. The molecule has 0 spiro atoms. The minimum Gasteiger partial charge on any atom is -0.346 e. The van der Waals surface area contributed by atoms with Gasteiger partial charge in [-0.05, 0) is 34.5 Å². The summed E-state index contributed by atoms with van der Waals surface area (Å²) < 4.78 is 1.06. The maximum atomic E-state index is 4.20. The topological polar surface area (TPSA) is 28.7 Å². The van der Waals surface area contributed by atoms with Gasteiger partial charge in [-0.2, -0.15) is 0 Å². The third-order valence-corrected chi connectivity index (χ3v) is 2.59. The number of halogens is 1. The molecule has 0 amide bonds. The Morgan fingerprint density at radius 3 is 2.77 bits per heavy atom. The highest BCUT2D eigenvalue weighted by atomic mass is 79.9. The van der Waals surface area contributed by atoms with Crippen LogP contribution in [0.15, 0.2) is 22.9 Å². The normalized spacial score (nSPS) is 9.54. The Labute approximate surface area is 86.5 Å². The smallest absolute Gasteiger partial charge is 0.137 e. The zero-order chi connectivity index (χ0) is 9.84. The lowest BCUT2D eigenvalue weighted by atomic mass is 10.2. The van der Waals surface area contributed by atoms with Crippen molar-refractivity contribution in [1.82, 2.24) is 9.97 Å². The fourth-order valence-corrected chi connectivity index (χ4v) is 1.43. The van der Waals surface area contributed by atoms with Crippen molar-refractivity contribution in [3.63, 3.8) is 0 Å². The van der Waals surface area contributed by atoms with Gasteiger partial charge in [0.15, 0.2) is 0 Å². The van der Waals surface area contributed by atoms with Crippen LogP contribution in [0.1, 0.15) is 19.4 Å². The molecule has 13 heavy (non-hydrogen) atoms. The molecule has 0 atom stereocenters. The van der Waals surface area contributed by atoms with E-state index in [1.807, 2.05) is 32.3 Å². The Balaban J connectivity index is 0.000000396. The van der Waals surface area contributed by atoms with Crippen LogP contribution in [0.4, 0.5) is 0 Å². The summed E-state index contributed by atoms with van der Waals surface area (Å²) in [6.45, 7) is 6.07. The number of hydrogen-bond acceptors (Lipinski definition) is 1. The van der Waals surface area contributed by atoms with E-state index in [1.165, 1.54) is 10.9 Å². The molecular weight excluding hydrogens is 228 g/mol. The van der Waals surface area contributed by atoms with E-state index in [9.17, 15) is 0 Å². The summed E-state index contributed by atoms with van der Waals surface area (Å²) in [5.41, 5.74) is 2.18. The van der Waals surface area contributed by atoms with Gasteiger partial charge in [0.05, 0.1) is 0 Å². The summed E-state index contributed by atoms with van der Waals surface area (Å²) in [5, 5.41) is 1.18. The Kier molecular flexibility index (Phi) is 3.48. The fourth-order valence-electron chi connectivity index (χ4n) is 1.12. The molecule has 0 bridgehead atoms. The first kappa shape index (κ1) is 10.3. The van der Waals surface area contributed by atoms with Crippen LogP contribution in [0.5, 0.6) is 0 Å². The quantitative estimate of drug-likeness (QED) is 0.749. The van der Waals surface area contributed by atoms with Gasteiger partial charge in [0.25, 0.3) is 0 Å². The predicted molar refractivity (Wildman–Crippen MR) is 59.9 cm³/mol. The predicted octanol–water partition coefficient (Wildman–Crippen LogP) is 3.66. The first-order chi connectivity index (χ1) is 6.29.